The summed E-state index contributed by atoms with van der Waals surface area (Å²) in [6.45, 7) is 4.30. The second-order valence-corrected chi connectivity index (χ2v) is 8.99. The molecule has 2 saturated heterocycles. The molecule has 0 amide bonds. The summed E-state index contributed by atoms with van der Waals surface area (Å²) in [5.41, 5.74) is 3.46. The van der Waals surface area contributed by atoms with Crippen molar-refractivity contribution in [3.63, 3.8) is 0 Å². The largest absolute Gasteiger partial charge is 0.396 e. The Balaban J connectivity index is 1.20. The van der Waals surface area contributed by atoms with Crippen LogP contribution >= 0.6 is 0 Å². The summed E-state index contributed by atoms with van der Waals surface area (Å²) in [4.78, 5) is 15.5. The Kier molecular flexibility index (Phi) is 6.28. The number of imidazole rings is 2. The first kappa shape index (κ1) is 21.5. The number of aliphatic hydroxyl groups is 1. The molecule has 7 nitrogen and oxygen atoms in total. The van der Waals surface area contributed by atoms with Gasteiger partial charge in [0.15, 0.2) is 0 Å². The zero-order valence-electron chi connectivity index (χ0n) is 18.7. The van der Waals surface area contributed by atoms with Crippen molar-refractivity contribution in [1.82, 2.24) is 30.6 Å². The van der Waals surface area contributed by atoms with Gasteiger partial charge in [-0.05, 0) is 67.3 Å². The lowest BCUT2D eigenvalue weighted by molar-refractivity contribution is 0.235. The molecule has 7 heteroatoms. The van der Waals surface area contributed by atoms with Gasteiger partial charge < -0.3 is 25.7 Å². The van der Waals surface area contributed by atoms with Gasteiger partial charge in [-0.15, -0.1) is 0 Å². The number of hydrogen-bond donors (Lipinski definition) is 5. The Morgan fingerprint density at radius 1 is 0.818 bits per heavy atom. The van der Waals surface area contributed by atoms with E-state index in [1.807, 2.05) is 24.3 Å². The molecule has 0 bridgehead atoms. The quantitative estimate of drug-likeness (QED) is 0.402. The maximum Gasteiger partial charge on any atom is 0.124 e. The first-order chi connectivity index (χ1) is 16.2. The average Bonchev–Trinajstić information content (AvgIpc) is 3.63. The highest BCUT2D eigenvalue weighted by atomic mass is 16.3. The van der Waals surface area contributed by atoms with Crippen LogP contribution in [-0.4, -0.2) is 44.7 Å². The number of aliphatic hydroxyl groups excluding tert-OH is 1. The summed E-state index contributed by atoms with van der Waals surface area (Å²) in [5, 5.41) is 16.2. The van der Waals surface area contributed by atoms with E-state index in [-0.39, 0.29) is 12.6 Å². The molecule has 4 unspecified atom stereocenters. The Morgan fingerprint density at radius 3 is 1.85 bits per heavy atom. The van der Waals surface area contributed by atoms with Crippen molar-refractivity contribution in [2.45, 2.75) is 31.8 Å². The van der Waals surface area contributed by atoms with Crippen LogP contribution in [0.5, 0.6) is 0 Å². The van der Waals surface area contributed by atoms with Gasteiger partial charge in [0.05, 0.1) is 24.5 Å². The molecule has 4 heterocycles. The maximum absolute atomic E-state index is 9.30. The van der Waals surface area contributed by atoms with Crippen molar-refractivity contribution in [3.05, 3.63) is 70.8 Å². The lowest BCUT2D eigenvalue weighted by Crippen LogP contribution is -2.15. The molecule has 5 N–H and O–H groups in total. The van der Waals surface area contributed by atoms with E-state index in [2.05, 4.69) is 61.2 Å². The third kappa shape index (κ3) is 5.18. The zero-order chi connectivity index (χ0) is 22.6. The van der Waals surface area contributed by atoms with Crippen molar-refractivity contribution in [3.8, 4) is 23.7 Å². The molecular formula is C26H28N6O. The van der Waals surface area contributed by atoms with Crippen molar-refractivity contribution < 1.29 is 5.11 Å². The van der Waals surface area contributed by atoms with Crippen LogP contribution in [0.3, 0.4) is 0 Å². The van der Waals surface area contributed by atoms with E-state index >= 15 is 0 Å². The second-order valence-electron chi connectivity index (χ2n) is 8.99. The molecule has 3 aromatic rings. The van der Waals surface area contributed by atoms with Crippen LogP contribution in [0.1, 0.15) is 66.0 Å². The molecule has 0 saturated carbocycles. The normalized spacial score (nSPS) is 24.2. The summed E-state index contributed by atoms with van der Waals surface area (Å²) in [7, 11) is 0. The number of aromatic amines is 2. The Hall–Kier alpha value is -3.36. The van der Waals surface area contributed by atoms with Gasteiger partial charge in [0.25, 0.3) is 0 Å². The molecule has 0 radical (unpaired) electrons. The predicted octanol–water partition coefficient (Wildman–Crippen LogP) is 2.25. The topological polar surface area (TPSA) is 102 Å². The average molecular weight is 441 g/mol. The van der Waals surface area contributed by atoms with E-state index in [1.165, 1.54) is 0 Å². The molecule has 168 valence electrons. The van der Waals surface area contributed by atoms with E-state index < -0.39 is 0 Å². The van der Waals surface area contributed by atoms with Crippen molar-refractivity contribution in [2.75, 3.05) is 19.7 Å². The first-order valence-electron chi connectivity index (χ1n) is 11.5. The van der Waals surface area contributed by atoms with Gasteiger partial charge in [0.2, 0.25) is 0 Å². The van der Waals surface area contributed by atoms with Crippen LogP contribution in [0.2, 0.25) is 0 Å². The van der Waals surface area contributed by atoms with E-state index in [4.69, 9.17) is 0 Å². The molecular weight excluding hydrogens is 412 g/mol. The number of H-pyrrole nitrogens is 2. The maximum atomic E-state index is 9.30. The lowest BCUT2D eigenvalue weighted by Gasteiger charge is -2.05. The predicted molar refractivity (Wildman–Crippen MR) is 126 cm³/mol. The van der Waals surface area contributed by atoms with Crippen molar-refractivity contribution in [2.24, 2.45) is 11.8 Å². The second kappa shape index (κ2) is 9.64. The minimum Gasteiger partial charge on any atom is -0.396 e. The molecule has 5 rings (SSSR count). The summed E-state index contributed by atoms with van der Waals surface area (Å²) in [6, 6.07) is 8.35. The van der Waals surface area contributed by atoms with Gasteiger partial charge in [0, 0.05) is 24.3 Å². The third-order valence-corrected chi connectivity index (χ3v) is 6.25. The number of benzene rings is 1. The molecule has 4 atom stereocenters. The summed E-state index contributed by atoms with van der Waals surface area (Å²) in [6.07, 6.45) is 5.55. The molecule has 2 fully saturated rings. The smallest absolute Gasteiger partial charge is 0.124 e. The SMILES string of the molecule is CC1CNC(c2ncc(C#Cc3ccc(C#Cc4cnc(C5CC(CO)CN5)[nH]4)cc3)[nH]2)C1. The first-order valence-corrected chi connectivity index (χ1v) is 11.5. The summed E-state index contributed by atoms with van der Waals surface area (Å²) >= 11 is 0. The standard InChI is InChI=1S/C26H28N6O/c1-17-10-23(27-12-17)25-29-14-21(31-25)8-6-18-2-4-19(5-3-18)7-9-22-15-30-26(32-22)24-11-20(16-33)13-28-24/h2-5,14-15,17,20,23-24,27-28,33H,10-13,16H2,1H3,(H,29,31)(H,30,32). The number of nitrogens with one attached hydrogen (secondary N) is 4. The van der Waals surface area contributed by atoms with Crippen LogP contribution < -0.4 is 10.6 Å². The van der Waals surface area contributed by atoms with E-state index in [0.29, 0.717) is 17.9 Å². The van der Waals surface area contributed by atoms with E-state index in [0.717, 1.165) is 60.1 Å². The fourth-order valence-electron chi connectivity index (χ4n) is 4.35. The number of nitrogens with zero attached hydrogens (tertiary/aromatic N) is 2. The van der Waals surface area contributed by atoms with E-state index in [1.54, 1.807) is 12.4 Å². The van der Waals surface area contributed by atoms with Crippen LogP contribution in [-0.2, 0) is 0 Å². The van der Waals surface area contributed by atoms with Crippen LogP contribution in [0, 0.1) is 35.5 Å². The highest BCUT2D eigenvalue weighted by Gasteiger charge is 2.26. The van der Waals surface area contributed by atoms with Gasteiger partial charge in [0.1, 0.15) is 23.0 Å². The van der Waals surface area contributed by atoms with Crippen LogP contribution in [0.15, 0.2) is 36.7 Å². The molecule has 2 aliphatic rings. The molecule has 0 aliphatic carbocycles. The monoisotopic (exact) mass is 440 g/mol. The van der Waals surface area contributed by atoms with Crippen molar-refractivity contribution >= 4 is 0 Å². The zero-order valence-corrected chi connectivity index (χ0v) is 18.7. The van der Waals surface area contributed by atoms with Gasteiger partial charge in [-0.3, -0.25) is 0 Å². The van der Waals surface area contributed by atoms with Gasteiger partial charge >= 0.3 is 0 Å². The third-order valence-electron chi connectivity index (χ3n) is 6.25. The van der Waals surface area contributed by atoms with Crippen LogP contribution in [0.4, 0.5) is 0 Å². The van der Waals surface area contributed by atoms with Gasteiger partial charge in [-0.2, -0.15) is 0 Å². The number of hydrogen-bond acceptors (Lipinski definition) is 5. The fraction of sp³-hybridized carbons (Fsp3) is 0.385. The minimum atomic E-state index is 0.152. The lowest BCUT2D eigenvalue weighted by atomic mass is 10.1. The fourth-order valence-corrected chi connectivity index (χ4v) is 4.35. The summed E-state index contributed by atoms with van der Waals surface area (Å²) < 4.78 is 0. The van der Waals surface area contributed by atoms with E-state index in [9.17, 15) is 5.11 Å². The Morgan fingerprint density at radius 2 is 1.36 bits per heavy atom. The van der Waals surface area contributed by atoms with Crippen molar-refractivity contribution in [1.29, 1.82) is 0 Å². The highest BCUT2D eigenvalue weighted by molar-refractivity contribution is 5.46. The van der Waals surface area contributed by atoms with Crippen LogP contribution in [0.25, 0.3) is 0 Å². The molecule has 2 aromatic heterocycles. The molecule has 0 spiro atoms. The minimum absolute atomic E-state index is 0.152. The highest BCUT2D eigenvalue weighted by Crippen LogP contribution is 2.25. The molecule has 2 aliphatic heterocycles. The summed E-state index contributed by atoms with van der Waals surface area (Å²) in [5.74, 6) is 15.5. The molecule has 1 aromatic carbocycles. The molecule has 33 heavy (non-hydrogen) atoms. The Bertz CT molecular complexity index is 1220. The van der Waals surface area contributed by atoms with Gasteiger partial charge in [-0.1, -0.05) is 18.8 Å². The Labute approximate surface area is 193 Å². The number of aromatic nitrogens is 4. The number of rotatable bonds is 3. The van der Waals surface area contributed by atoms with Gasteiger partial charge in [-0.25, -0.2) is 9.97 Å².